The van der Waals surface area contributed by atoms with Gasteiger partial charge in [0, 0.05) is 15.2 Å². The third-order valence-corrected chi connectivity index (χ3v) is 5.88. The molecule has 4 aromatic rings. The molecule has 0 atom stereocenters. The molecule has 1 aromatic heterocycles. The summed E-state index contributed by atoms with van der Waals surface area (Å²) in [6, 6.07) is 23.1. The average Bonchev–Trinajstić information content (AvgIpc) is 2.91. The summed E-state index contributed by atoms with van der Waals surface area (Å²) in [6.45, 7) is 0. The van der Waals surface area contributed by atoms with E-state index in [0.29, 0.717) is 16.2 Å². The number of fused-ring (bicyclic) bond motifs is 4. The van der Waals surface area contributed by atoms with Crippen molar-refractivity contribution in [1.82, 2.24) is 0 Å². The van der Waals surface area contributed by atoms with Gasteiger partial charge in [-0.15, -0.1) is 0 Å². The van der Waals surface area contributed by atoms with Gasteiger partial charge in [-0.3, -0.25) is 0 Å². The molecule has 0 saturated carbocycles. The lowest BCUT2D eigenvalue weighted by Crippen LogP contribution is -2.40. The van der Waals surface area contributed by atoms with Crippen LogP contribution < -0.4 is 20.9 Å². The third-order valence-electron chi connectivity index (χ3n) is 4.67. The predicted molar refractivity (Wildman–Crippen MR) is 111 cm³/mol. The van der Waals surface area contributed by atoms with Gasteiger partial charge in [0.25, 0.3) is 0 Å². The van der Waals surface area contributed by atoms with Gasteiger partial charge in [-0.25, -0.2) is 9.79 Å². The Morgan fingerprint density at radius 1 is 0.929 bits per heavy atom. The van der Waals surface area contributed by atoms with E-state index < -0.39 is 0 Å². The van der Waals surface area contributed by atoms with E-state index in [2.05, 4.69) is 0 Å². The number of hydrogen-bond donors (Lipinski definition) is 0. The zero-order valence-corrected chi connectivity index (χ0v) is 15.8. The summed E-state index contributed by atoms with van der Waals surface area (Å²) in [4.78, 5) is 19.7. The van der Waals surface area contributed by atoms with Gasteiger partial charge in [0.05, 0.1) is 18.2 Å². The zero-order chi connectivity index (χ0) is 19.1. The Labute approximate surface area is 164 Å². The first kappa shape index (κ1) is 16.8. The van der Waals surface area contributed by atoms with Crippen LogP contribution in [0.15, 0.2) is 91.9 Å². The van der Waals surface area contributed by atoms with E-state index >= 15 is 0 Å². The highest BCUT2D eigenvalue weighted by atomic mass is 32.2. The Morgan fingerprint density at radius 3 is 2.50 bits per heavy atom. The molecule has 1 aliphatic heterocycles. The average molecular weight is 385 g/mol. The Bertz CT molecular complexity index is 1390. The molecule has 5 rings (SSSR count). The molecule has 3 aromatic carbocycles. The first-order chi connectivity index (χ1) is 13.7. The van der Waals surface area contributed by atoms with Crippen molar-refractivity contribution in [3.05, 3.63) is 99.4 Å². The second-order valence-corrected chi connectivity index (χ2v) is 7.40. The van der Waals surface area contributed by atoms with Crippen molar-refractivity contribution < 1.29 is 9.15 Å². The van der Waals surface area contributed by atoms with Crippen LogP contribution >= 0.6 is 11.8 Å². The van der Waals surface area contributed by atoms with Crippen molar-refractivity contribution in [1.29, 1.82) is 0 Å². The van der Waals surface area contributed by atoms with Gasteiger partial charge in [-0.05, 0) is 42.0 Å². The lowest BCUT2D eigenvalue weighted by atomic mass is 10.1. The van der Waals surface area contributed by atoms with Gasteiger partial charge in [0.2, 0.25) is 0 Å². The summed E-state index contributed by atoms with van der Waals surface area (Å²) in [5.74, 6) is 0.763. The highest BCUT2D eigenvalue weighted by Gasteiger charge is 2.18. The molecule has 0 fully saturated rings. The number of hydrogen-bond acceptors (Lipinski definition) is 5. The number of nitrogens with zero attached hydrogens (tertiary/aromatic N) is 1. The fraction of sp³-hybridized carbons (Fsp3) is 0.0435. The van der Waals surface area contributed by atoms with Crippen LogP contribution in [0, 0.1) is 0 Å². The molecule has 28 heavy (non-hydrogen) atoms. The van der Waals surface area contributed by atoms with Crippen molar-refractivity contribution in [2.45, 2.75) is 4.90 Å². The number of benzene rings is 3. The SMILES string of the molecule is COc1ccc(C2=c3c(=O)oc4ccccc4c3=Nc3ccccc3S2)cc1. The molecule has 0 spiro atoms. The third kappa shape index (κ3) is 2.72. The monoisotopic (exact) mass is 385 g/mol. The summed E-state index contributed by atoms with van der Waals surface area (Å²) >= 11 is 1.53. The molecular formula is C23H15NO3S. The fourth-order valence-corrected chi connectivity index (χ4v) is 4.43. The van der Waals surface area contributed by atoms with Crippen molar-refractivity contribution in [3.8, 4) is 5.75 Å². The topological polar surface area (TPSA) is 51.8 Å². The quantitative estimate of drug-likeness (QED) is 0.489. The molecule has 1 aliphatic rings. The number of methoxy groups -OCH3 is 1. The minimum absolute atomic E-state index is 0.386. The lowest BCUT2D eigenvalue weighted by Gasteiger charge is -2.08. The van der Waals surface area contributed by atoms with Gasteiger partial charge in [-0.2, -0.15) is 0 Å². The Kier molecular flexibility index (Phi) is 4.02. The summed E-state index contributed by atoms with van der Waals surface area (Å²) in [5, 5.41) is 1.96. The molecule has 0 amide bonds. The van der Waals surface area contributed by atoms with Crippen LogP contribution in [0.1, 0.15) is 5.56 Å². The van der Waals surface area contributed by atoms with Gasteiger partial charge >= 0.3 is 5.63 Å². The van der Waals surface area contributed by atoms with Crippen LogP contribution in [-0.4, -0.2) is 7.11 Å². The molecule has 0 saturated heterocycles. The lowest BCUT2D eigenvalue weighted by molar-refractivity contribution is 0.415. The molecular weight excluding hydrogens is 370 g/mol. The zero-order valence-electron chi connectivity index (χ0n) is 15.0. The van der Waals surface area contributed by atoms with E-state index in [9.17, 15) is 4.79 Å². The van der Waals surface area contributed by atoms with Crippen LogP contribution in [0.25, 0.3) is 15.9 Å². The van der Waals surface area contributed by atoms with Gasteiger partial charge < -0.3 is 9.15 Å². The van der Waals surface area contributed by atoms with Crippen molar-refractivity contribution >= 4 is 33.3 Å². The molecule has 136 valence electrons. The molecule has 0 unspecified atom stereocenters. The minimum atomic E-state index is -0.386. The summed E-state index contributed by atoms with van der Waals surface area (Å²) < 4.78 is 10.9. The van der Waals surface area contributed by atoms with E-state index in [0.717, 1.165) is 32.2 Å². The Morgan fingerprint density at radius 2 is 1.68 bits per heavy atom. The molecule has 0 aliphatic carbocycles. The Balaban J connectivity index is 1.96. The molecule has 5 heteroatoms. The van der Waals surface area contributed by atoms with Crippen molar-refractivity contribution in [2.75, 3.05) is 7.11 Å². The molecule has 0 N–H and O–H groups in total. The molecule has 2 heterocycles. The maximum Gasteiger partial charge on any atom is 0.346 e. The summed E-state index contributed by atoms with van der Waals surface area (Å²) in [7, 11) is 1.63. The van der Waals surface area contributed by atoms with Crippen LogP contribution in [0.3, 0.4) is 0 Å². The largest absolute Gasteiger partial charge is 0.497 e. The maximum atomic E-state index is 13.0. The van der Waals surface area contributed by atoms with Crippen molar-refractivity contribution in [3.63, 3.8) is 0 Å². The standard InChI is InChI=1S/C23H15NO3S/c1-26-15-12-10-14(11-13-15)22-20-21(24-17-7-3-5-9-19(17)28-22)16-6-2-4-8-18(16)27-23(20)25/h2-13H,1H3. The molecule has 0 radical (unpaired) electrons. The number of thioether (sulfide) groups is 1. The number of ether oxygens (including phenoxy) is 1. The van der Waals surface area contributed by atoms with Gasteiger partial charge in [0.15, 0.2) is 0 Å². The van der Waals surface area contributed by atoms with E-state index in [4.69, 9.17) is 14.1 Å². The summed E-state index contributed by atoms with van der Waals surface area (Å²) in [6.07, 6.45) is 0. The fourth-order valence-electron chi connectivity index (χ4n) is 3.31. The second kappa shape index (κ2) is 6.69. The van der Waals surface area contributed by atoms with Crippen LogP contribution in [-0.2, 0) is 0 Å². The first-order valence-corrected chi connectivity index (χ1v) is 9.62. The smallest absolute Gasteiger partial charge is 0.346 e. The van der Waals surface area contributed by atoms with Crippen molar-refractivity contribution in [2.24, 2.45) is 4.99 Å². The van der Waals surface area contributed by atoms with E-state index in [1.54, 1.807) is 13.2 Å². The second-order valence-electron chi connectivity index (χ2n) is 6.35. The first-order valence-electron chi connectivity index (χ1n) is 8.81. The summed E-state index contributed by atoms with van der Waals surface area (Å²) in [5.41, 5.74) is 1.91. The van der Waals surface area contributed by atoms with E-state index in [-0.39, 0.29) is 5.63 Å². The normalized spacial score (nSPS) is 12.7. The maximum absolute atomic E-state index is 13.0. The van der Waals surface area contributed by atoms with Gasteiger partial charge in [0.1, 0.15) is 16.6 Å². The number of para-hydroxylation sites is 2. The van der Waals surface area contributed by atoms with Crippen LogP contribution in [0.4, 0.5) is 5.69 Å². The molecule has 0 bridgehead atoms. The van der Waals surface area contributed by atoms with Gasteiger partial charge in [-0.1, -0.05) is 48.2 Å². The highest BCUT2D eigenvalue weighted by Crippen LogP contribution is 2.38. The highest BCUT2D eigenvalue weighted by molar-refractivity contribution is 8.08. The predicted octanol–water partition coefficient (Wildman–Crippen LogP) is 4.02. The number of rotatable bonds is 2. The van der Waals surface area contributed by atoms with E-state index in [1.165, 1.54) is 11.8 Å². The van der Waals surface area contributed by atoms with Crippen LogP contribution in [0.2, 0.25) is 0 Å². The van der Waals surface area contributed by atoms with Crippen LogP contribution in [0.5, 0.6) is 5.75 Å². The van der Waals surface area contributed by atoms with E-state index in [1.807, 2.05) is 66.7 Å². The minimum Gasteiger partial charge on any atom is -0.497 e. The Hall–Kier alpha value is -3.31. The molecule has 4 nitrogen and oxygen atoms in total.